The molecule has 1 aromatic rings. The first-order valence-electron chi connectivity index (χ1n) is 8.35. The maximum absolute atomic E-state index is 12.2. The number of amides is 2. The molecule has 2 aliphatic rings. The summed E-state index contributed by atoms with van der Waals surface area (Å²) in [4.78, 5) is 28.5. The molecule has 2 amide bonds. The molecule has 3 rings (SSSR count). The molecule has 1 fully saturated rings. The first-order valence-corrected chi connectivity index (χ1v) is 8.35. The van der Waals surface area contributed by atoms with Gasteiger partial charge in [0.1, 0.15) is 0 Å². The normalized spacial score (nSPS) is 17.0. The van der Waals surface area contributed by atoms with Gasteiger partial charge in [-0.1, -0.05) is 6.92 Å². The van der Waals surface area contributed by atoms with Crippen molar-refractivity contribution in [1.29, 1.82) is 0 Å². The molecule has 24 heavy (non-hydrogen) atoms. The fourth-order valence-electron chi connectivity index (χ4n) is 2.89. The Hall–Kier alpha value is -2.28. The van der Waals surface area contributed by atoms with Crippen LogP contribution in [0.25, 0.3) is 0 Å². The highest BCUT2D eigenvalue weighted by Gasteiger charge is 2.20. The Morgan fingerprint density at radius 2 is 1.88 bits per heavy atom. The number of carbonyl (C=O) groups is 2. The van der Waals surface area contributed by atoms with Gasteiger partial charge in [0, 0.05) is 44.7 Å². The van der Waals surface area contributed by atoms with E-state index in [0.29, 0.717) is 30.0 Å². The summed E-state index contributed by atoms with van der Waals surface area (Å²) in [6.45, 7) is 7.04. The van der Waals surface area contributed by atoms with Gasteiger partial charge in [-0.15, -0.1) is 0 Å². The Labute approximate surface area is 141 Å². The quantitative estimate of drug-likeness (QED) is 0.859. The van der Waals surface area contributed by atoms with E-state index in [1.807, 2.05) is 4.90 Å². The van der Waals surface area contributed by atoms with Crippen LogP contribution >= 0.6 is 0 Å². The lowest BCUT2D eigenvalue weighted by Crippen LogP contribution is -2.49. The topological polar surface area (TPSA) is 71.1 Å². The van der Waals surface area contributed by atoms with E-state index in [9.17, 15) is 9.59 Å². The summed E-state index contributed by atoms with van der Waals surface area (Å²) in [5, 5.41) is 2.79. The Morgan fingerprint density at radius 1 is 1.12 bits per heavy atom. The Balaban J connectivity index is 1.43. The third-order valence-corrected chi connectivity index (χ3v) is 4.43. The maximum atomic E-state index is 12.2. The zero-order valence-electron chi connectivity index (χ0n) is 13.9. The van der Waals surface area contributed by atoms with Crippen LogP contribution < -0.4 is 14.8 Å². The second-order valence-corrected chi connectivity index (χ2v) is 5.89. The second-order valence-electron chi connectivity index (χ2n) is 5.89. The molecule has 0 aromatic heterocycles. The summed E-state index contributed by atoms with van der Waals surface area (Å²) in [7, 11) is 0. The SMILES string of the molecule is CCN1CCN(C(=O)CCNC(=O)c2ccc3c(c2)OCO3)CC1. The maximum Gasteiger partial charge on any atom is 0.251 e. The number of nitrogens with zero attached hydrogens (tertiary/aromatic N) is 2. The van der Waals surface area contributed by atoms with Crippen LogP contribution in [0, 0.1) is 0 Å². The lowest BCUT2D eigenvalue weighted by Gasteiger charge is -2.34. The molecule has 7 heteroatoms. The molecule has 130 valence electrons. The van der Waals surface area contributed by atoms with Gasteiger partial charge in [0.25, 0.3) is 5.91 Å². The van der Waals surface area contributed by atoms with Gasteiger partial charge in [-0.25, -0.2) is 0 Å². The third kappa shape index (κ3) is 3.79. The van der Waals surface area contributed by atoms with E-state index in [1.54, 1.807) is 18.2 Å². The standard InChI is InChI=1S/C17H23N3O4/c1-2-19-7-9-20(10-8-19)16(21)5-6-18-17(22)13-3-4-14-15(11-13)24-12-23-14/h3-4,11H,2,5-10,12H2,1H3,(H,18,22). The van der Waals surface area contributed by atoms with E-state index in [2.05, 4.69) is 17.1 Å². The van der Waals surface area contributed by atoms with Crippen LogP contribution in [-0.4, -0.2) is 67.7 Å². The van der Waals surface area contributed by atoms with Crippen LogP contribution in [0.3, 0.4) is 0 Å². The molecule has 2 heterocycles. The number of benzene rings is 1. The number of likely N-dealkylation sites (N-methyl/N-ethyl adjacent to an activating group) is 1. The predicted molar refractivity (Wildman–Crippen MR) is 88.2 cm³/mol. The van der Waals surface area contributed by atoms with E-state index in [4.69, 9.17) is 9.47 Å². The highest BCUT2D eigenvalue weighted by molar-refractivity contribution is 5.95. The van der Waals surface area contributed by atoms with Crippen LogP contribution in [0.15, 0.2) is 18.2 Å². The zero-order valence-corrected chi connectivity index (χ0v) is 13.9. The highest BCUT2D eigenvalue weighted by Crippen LogP contribution is 2.32. The van der Waals surface area contributed by atoms with Crippen molar-refractivity contribution in [2.24, 2.45) is 0 Å². The fraction of sp³-hybridized carbons (Fsp3) is 0.529. The minimum atomic E-state index is -0.211. The third-order valence-electron chi connectivity index (χ3n) is 4.43. The lowest BCUT2D eigenvalue weighted by atomic mass is 10.2. The number of hydrogen-bond acceptors (Lipinski definition) is 5. The summed E-state index contributed by atoms with van der Waals surface area (Å²) in [5.74, 6) is 1.11. The molecule has 0 saturated carbocycles. The van der Waals surface area contributed by atoms with Crippen molar-refractivity contribution in [2.75, 3.05) is 46.1 Å². The van der Waals surface area contributed by atoms with Crippen LogP contribution in [0.1, 0.15) is 23.7 Å². The molecule has 0 spiro atoms. The van der Waals surface area contributed by atoms with Gasteiger partial charge in [-0.2, -0.15) is 0 Å². The van der Waals surface area contributed by atoms with Crippen molar-refractivity contribution >= 4 is 11.8 Å². The minimum Gasteiger partial charge on any atom is -0.454 e. The Morgan fingerprint density at radius 3 is 2.62 bits per heavy atom. The zero-order chi connectivity index (χ0) is 16.9. The first-order chi connectivity index (χ1) is 11.7. The molecule has 2 aliphatic heterocycles. The number of piperazine rings is 1. The number of carbonyl (C=O) groups excluding carboxylic acids is 2. The van der Waals surface area contributed by atoms with Gasteiger partial charge in [0.2, 0.25) is 12.7 Å². The Bertz CT molecular complexity index is 612. The molecule has 1 aromatic carbocycles. The van der Waals surface area contributed by atoms with E-state index >= 15 is 0 Å². The molecule has 1 saturated heterocycles. The monoisotopic (exact) mass is 333 g/mol. The van der Waals surface area contributed by atoms with Gasteiger partial charge in [0.05, 0.1) is 0 Å². The molecule has 0 unspecified atom stereocenters. The molecular weight excluding hydrogens is 310 g/mol. The first kappa shape index (κ1) is 16.6. The number of rotatable bonds is 5. The molecule has 0 bridgehead atoms. The van der Waals surface area contributed by atoms with Crippen molar-refractivity contribution in [2.45, 2.75) is 13.3 Å². The van der Waals surface area contributed by atoms with E-state index in [-0.39, 0.29) is 18.6 Å². The largest absolute Gasteiger partial charge is 0.454 e. The summed E-state index contributed by atoms with van der Waals surface area (Å²) in [5.41, 5.74) is 0.503. The minimum absolute atomic E-state index is 0.0942. The van der Waals surface area contributed by atoms with Gasteiger partial charge in [0.15, 0.2) is 11.5 Å². The molecule has 7 nitrogen and oxygen atoms in total. The van der Waals surface area contributed by atoms with Crippen LogP contribution in [-0.2, 0) is 4.79 Å². The molecule has 0 aliphatic carbocycles. The predicted octanol–water partition coefficient (Wildman–Crippen LogP) is 0.699. The van der Waals surface area contributed by atoms with E-state index in [0.717, 1.165) is 32.7 Å². The van der Waals surface area contributed by atoms with Crippen molar-refractivity contribution in [3.8, 4) is 11.5 Å². The summed E-state index contributed by atoms with van der Waals surface area (Å²) < 4.78 is 10.5. The van der Waals surface area contributed by atoms with Crippen molar-refractivity contribution in [3.63, 3.8) is 0 Å². The summed E-state index contributed by atoms with van der Waals surface area (Å²) in [6, 6.07) is 5.06. The molecule has 0 atom stereocenters. The number of nitrogens with one attached hydrogen (secondary N) is 1. The average Bonchev–Trinajstić information content (AvgIpc) is 3.09. The van der Waals surface area contributed by atoms with E-state index < -0.39 is 0 Å². The van der Waals surface area contributed by atoms with Gasteiger partial charge < -0.3 is 24.6 Å². The molecule has 1 N–H and O–H groups in total. The number of ether oxygens (including phenoxy) is 2. The smallest absolute Gasteiger partial charge is 0.251 e. The average molecular weight is 333 g/mol. The number of hydrogen-bond donors (Lipinski definition) is 1. The van der Waals surface area contributed by atoms with Crippen LogP contribution in [0.5, 0.6) is 11.5 Å². The Kier molecular flexibility index (Phi) is 5.20. The number of fused-ring (bicyclic) bond motifs is 1. The molecular formula is C17H23N3O4. The molecule has 0 radical (unpaired) electrons. The lowest BCUT2D eigenvalue weighted by molar-refractivity contribution is -0.132. The van der Waals surface area contributed by atoms with Crippen LogP contribution in [0.2, 0.25) is 0 Å². The summed E-state index contributed by atoms with van der Waals surface area (Å²) in [6.07, 6.45) is 0.322. The van der Waals surface area contributed by atoms with Crippen LogP contribution in [0.4, 0.5) is 0 Å². The highest BCUT2D eigenvalue weighted by atomic mass is 16.7. The van der Waals surface area contributed by atoms with Gasteiger partial charge in [-0.3, -0.25) is 9.59 Å². The van der Waals surface area contributed by atoms with Gasteiger partial charge >= 0.3 is 0 Å². The fourth-order valence-corrected chi connectivity index (χ4v) is 2.89. The summed E-state index contributed by atoms with van der Waals surface area (Å²) >= 11 is 0. The van der Waals surface area contributed by atoms with Crippen molar-refractivity contribution in [3.05, 3.63) is 23.8 Å². The van der Waals surface area contributed by atoms with Crippen molar-refractivity contribution in [1.82, 2.24) is 15.1 Å². The second kappa shape index (κ2) is 7.53. The van der Waals surface area contributed by atoms with Crippen molar-refractivity contribution < 1.29 is 19.1 Å². The van der Waals surface area contributed by atoms with E-state index in [1.165, 1.54) is 0 Å². The van der Waals surface area contributed by atoms with Gasteiger partial charge in [-0.05, 0) is 24.7 Å².